The summed E-state index contributed by atoms with van der Waals surface area (Å²) >= 11 is 0. The number of unbranched alkanes of at least 4 members (excludes halogenated alkanes) is 1. The zero-order valence-corrected chi connectivity index (χ0v) is 26.4. The van der Waals surface area contributed by atoms with Crippen LogP contribution in [0, 0.1) is 12.8 Å². The Balaban J connectivity index is 1.20. The molecule has 2 bridgehead atoms. The minimum atomic E-state index is -3.16. The lowest BCUT2D eigenvalue weighted by Crippen LogP contribution is -2.47. The molecule has 0 saturated carbocycles. The summed E-state index contributed by atoms with van der Waals surface area (Å²) in [6.45, 7) is 10.4. The van der Waals surface area contributed by atoms with Crippen LogP contribution in [-0.2, 0) is 21.9 Å². The number of amides is 2. The molecule has 3 aromatic rings. The van der Waals surface area contributed by atoms with Crippen LogP contribution in [0.2, 0.25) is 0 Å². The van der Waals surface area contributed by atoms with Crippen LogP contribution in [0.1, 0.15) is 83.0 Å². The second-order valence-electron chi connectivity index (χ2n) is 13.1. The van der Waals surface area contributed by atoms with Crippen molar-refractivity contribution in [3.8, 4) is 5.69 Å². The van der Waals surface area contributed by atoms with E-state index >= 15 is 0 Å². The van der Waals surface area contributed by atoms with Gasteiger partial charge in [0.25, 0.3) is 0 Å². The summed E-state index contributed by atoms with van der Waals surface area (Å²) in [5.41, 5.74) is 4.68. The first-order valence-corrected chi connectivity index (χ1v) is 16.9. The third kappa shape index (κ3) is 6.89. The van der Waals surface area contributed by atoms with E-state index in [0.717, 1.165) is 61.9 Å². The van der Waals surface area contributed by atoms with Crippen molar-refractivity contribution in [2.24, 2.45) is 5.92 Å². The van der Waals surface area contributed by atoms with Gasteiger partial charge in [0, 0.05) is 29.3 Å². The average Bonchev–Trinajstić information content (AvgIpc) is 3.48. The van der Waals surface area contributed by atoms with E-state index in [1.54, 1.807) is 4.68 Å². The molecule has 3 heterocycles. The minimum absolute atomic E-state index is 0.146. The molecule has 2 fully saturated rings. The topological polar surface area (TPSA) is 96.3 Å². The van der Waals surface area contributed by atoms with E-state index in [0.29, 0.717) is 17.4 Å². The number of benzene rings is 2. The van der Waals surface area contributed by atoms with Crippen LogP contribution < -0.4 is 10.6 Å². The molecule has 2 N–H and O–H groups in total. The van der Waals surface area contributed by atoms with Gasteiger partial charge in [-0.2, -0.15) is 9.40 Å². The van der Waals surface area contributed by atoms with Crippen molar-refractivity contribution in [3.63, 3.8) is 0 Å². The van der Waals surface area contributed by atoms with Crippen LogP contribution in [-0.4, -0.2) is 46.4 Å². The Labute approximate surface area is 250 Å². The number of sulfonamides is 1. The smallest absolute Gasteiger partial charge is 0.308 e. The van der Waals surface area contributed by atoms with E-state index in [1.807, 2.05) is 60.6 Å². The van der Waals surface area contributed by atoms with Gasteiger partial charge in [0.15, 0.2) is 0 Å². The summed E-state index contributed by atoms with van der Waals surface area (Å²) in [5.74, 6) is 1.35. The zero-order chi connectivity index (χ0) is 30.1. The number of hydrogen-bond donors (Lipinski definition) is 2. The van der Waals surface area contributed by atoms with Crippen LogP contribution in [0.15, 0.2) is 54.6 Å². The summed E-state index contributed by atoms with van der Waals surface area (Å²) < 4.78 is 29.5. The molecule has 9 heteroatoms. The number of nitrogens with one attached hydrogen (secondary N) is 2. The number of nitrogens with zero attached hydrogens (tertiary/aromatic N) is 3. The summed E-state index contributed by atoms with van der Waals surface area (Å²) in [7, 11) is -3.16. The van der Waals surface area contributed by atoms with Crippen molar-refractivity contribution in [2.75, 3.05) is 16.4 Å². The number of carbonyl (C=O) groups excluding carboxylic acids is 1. The van der Waals surface area contributed by atoms with Crippen molar-refractivity contribution in [2.45, 2.75) is 97.1 Å². The van der Waals surface area contributed by atoms with Gasteiger partial charge in [-0.15, -0.1) is 0 Å². The van der Waals surface area contributed by atoms with Crippen LogP contribution in [0.25, 0.3) is 5.69 Å². The molecule has 42 heavy (non-hydrogen) atoms. The summed E-state index contributed by atoms with van der Waals surface area (Å²) in [5, 5.41) is 10.7. The predicted octanol–water partition coefficient (Wildman–Crippen LogP) is 7.04. The van der Waals surface area contributed by atoms with Gasteiger partial charge in [0.1, 0.15) is 5.82 Å². The quantitative estimate of drug-likeness (QED) is 0.279. The number of hydrogen-bond acceptors (Lipinski definition) is 4. The number of carbonyl (C=O) groups is 1. The maximum atomic E-state index is 13.0. The van der Waals surface area contributed by atoms with Crippen LogP contribution in [0.3, 0.4) is 0 Å². The molecule has 2 atom stereocenters. The number of fused-ring (bicyclic) bond motifs is 2. The Morgan fingerprint density at radius 2 is 1.62 bits per heavy atom. The molecule has 2 aromatic carbocycles. The van der Waals surface area contributed by atoms with E-state index in [1.165, 1.54) is 5.56 Å². The lowest BCUT2D eigenvalue weighted by Gasteiger charge is -2.38. The standard InChI is InChI=1S/C33H45N5O3S/c1-6-7-18-42(40,41)38-28-16-17-29(38)21-25(20-28)19-24-10-12-26(13-11-24)34-32(39)35-31-22-30(33(3,4)5)36-37(31)27-14-8-23(2)9-15-27/h8-15,22,25,28-29H,6-7,16-21H2,1-5H3,(H2,34,35,39). The van der Waals surface area contributed by atoms with Crippen LogP contribution >= 0.6 is 0 Å². The monoisotopic (exact) mass is 591 g/mol. The van der Waals surface area contributed by atoms with E-state index in [9.17, 15) is 13.2 Å². The molecule has 2 unspecified atom stereocenters. The third-order valence-electron chi connectivity index (χ3n) is 8.57. The summed E-state index contributed by atoms with van der Waals surface area (Å²) in [6, 6.07) is 17.9. The van der Waals surface area contributed by atoms with Gasteiger partial charge in [0.05, 0.1) is 17.1 Å². The Kier molecular flexibility index (Phi) is 8.81. The number of aromatic nitrogens is 2. The fourth-order valence-electron chi connectivity index (χ4n) is 6.36. The number of urea groups is 1. The molecular weight excluding hydrogens is 546 g/mol. The van der Waals surface area contributed by atoms with Crippen molar-refractivity contribution in [1.29, 1.82) is 0 Å². The Bertz CT molecular complexity index is 1480. The molecule has 2 amide bonds. The Morgan fingerprint density at radius 3 is 2.21 bits per heavy atom. The largest absolute Gasteiger partial charge is 0.324 e. The lowest BCUT2D eigenvalue weighted by molar-refractivity contribution is 0.190. The van der Waals surface area contributed by atoms with E-state index in [4.69, 9.17) is 5.10 Å². The molecule has 226 valence electrons. The second kappa shape index (κ2) is 12.2. The fourth-order valence-corrected chi connectivity index (χ4v) is 8.51. The molecule has 2 saturated heterocycles. The molecule has 8 nitrogen and oxygen atoms in total. The molecule has 0 spiro atoms. The van der Waals surface area contributed by atoms with Crippen molar-refractivity contribution in [3.05, 3.63) is 71.4 Å². The highest BCUT2D eigenvalue weighted by atomic mass is 32.2. The van der Waals surface area contributed by atoms with Gasteiger partial charge in [-0.05, 0) is 81.2 Å². The lowest BCUT2D eigenvalue weighted by atomic mass is 9.87. The first kappa shape index (κ1) is 30.3. The third-order valence-corrected chi connectivity index (χ3v) is 10.6. The maximum absolute atomic E-state index is 13.0. The van der Waals surface area contributed by atoms with Gasteiger partial charge >= 0.3 is 6.03 Å². The van der Waals surface area contributed by atoms with E-state index in [2.05, 4.69) is 43.5 Å². The van der Waals surface area contributed by atoms with E-state index in [-0.39, 0.29) is 29.3 Å². The molecule has 2 aliphatic heterocycles. The van der Waals surface area contributed by atoms with Crippen LogP contribution in [0.4, 0.5) is 16.3 Å². The molecule has 0 aliphatic carbocycles. The Hall–Kier alpha value is -3.17. The fraction of sp³-hybridized carbons (Fsp3) is 0.515. The molecular formula is C33H45N5O3S. The highest BCUT2D eigenvalue weighted by molar-refractivity contribution is 7.89. The highest BCUT2D eigenvalue weighted by Gasteiger charge is 2.46. The van der Waals surface area contributed by atoms with Crippen molar-refractivity contribution >= 4 is 27.6 Å². The summed E-state index contributed by atoms with van der Waals surface area (Å²) in [6.07, 6.45) is 6.36. The predicted molar refractivity (Wildman–Crippen MR) is 170 cm³/mol. The number of piperidine rings is 1. The SMILES string of the molecule is CCCCS(=O)(=O)N1C2CCC1CC(Cc1ccc(NC(=O)Nc3cc(C(C)(C)C)nn3-c3ccc(C)cc3)cc1)C2. The average molecular weight is 592 g/mol. The van der Waals surface area contributed by atoms with Gasteiger partial charge in [-0.3, -0.25) is 5.32 Å². The molecule has 5 rings (SSSR count). The summed E-state index contributed by atoms with van der Waals surface area (Å²) in [4.78, 5) is 13.0. The second-order valence-corrected chi connectivity index (χ2v) is 15.1. The van der Waals surface area contributed by atoms with Crippen LogP contribution in [0.5, 0.6) is 0 Å². The van der Waals surface area contributed by atoms with Gasteiger partial charge in [0.2, 0.25) is 10.0 Å². The molecule has 0 radical (unpaired) electrons. The van der Waals surface area contributed by atoms with Gasteiger partial charge in [-0.25, -0.2) is 17.9 Å². The number of anilines is 2. The van der Waals surface area contributed by atoms with Crippen molar-refractivity contribution in [1.82, 2.24) is 14.1 Å². The first-order valence-electron chi connectivity index (χ1n) is 15.3. The van der Waals surface area contributed by atoms with E-state index < -0.39 is 10.0 Å². The first-order chi connectivity index (χ1) is 19.9. The molecule has 2 aliphatic rings. The number of rotatable bonds is 9. The number of aryl methyl sites for hydroxylation is 1. The zero-order valence-electron chi connectivity index (χ0n) is 25.6. The highest BCUT2D eigenvalue weighted by Crippen LogP contribution is 2.42. The maximum Gasteiger partial charge on any atom is 0.324 e. The van der Waals surface area contributed by atoms with Gasteiger partial charge < -0.3 is 5.32 Å². The van der Waals surface area contributed by atoms with Gasteiger partial charge in [-0.1, -0.05) is 63.9 Å². The minimum Gasteiger partial charge on any atom is -0.308 e. The normalized spacial score (nSPS) is 20.9. The molecule has 1 aromatic heterocycles. The Morgan fingerprint density at radius 1 is 0.976 bits per heavy atom. The van der Waals surface area contributed by atoms with Crippen molar-refractivity contribution < 1.29 is 13.2 Å².